The van der Waals surface area contributed by atoms with Crippen LogP contribution in [0.1, 0.15) is 45.4 Å². The topological polar surface area (TPSA) is 3.24 Å². The summed E-state index contributed by atoms with van der Waals surface area (Å²) in [5, 5.41) is 0. The molecule has 0 N–H and O–H groups in total. The van der Waals surface area contributed by atoms with E-state index in [1.807, 2.05) is 0 Å². The molecule has 0 bridgehead atoms. The lowest BCUT2D eigenvalue weighted by molar-refractivity contribution is 0.118. The van der Waals surface area contributed by atoms with Crippen molar-refractivity contribution in [2.45, 2.75) is 51.6 Å². The first-order valence-electron chi connectivity index (χ1n) is 6.60. The van der Waals surface area contributed by atoms with Gasteiger partial charge < -0.3 is 4.90 Å². The Kier molecular flexibility index (Phi) is 4.01. The van der Waals surface area contributed by atoms with Crippen LogP contribution in [0.15, 0.2) is 0 Å². The molecule has 88 valence electrons. The van der Waals surface area contributed by atoms with Gasteiger partial charge >= 0.3 is 0 Å². The van der Waals surface area contributed by atoms with E-state index in [2.05, 4.69) is 11.8 Å². The van der Waals surface area contributed by atoms with E-state index in [4.69, 9.17) is 0 Å². The number of likely N-dealkylation sites (tertiary alicyclic amines) is 1. The summed E-state index contributed by atoms with van der Waals surface area (Å²) < 4.78 is 13.2. The van der Waals surface area contributed by atoms with E-state index in [0.29, 0.717) is 5.92 Å². The van der Waals surface area contributed by atoms with Gasteiger partial charge in [0.2, 0.25) is 0 Å². The van der Waals surface area contributed by atoms with Crippen molar-refractivity contribution in [1.29, 1.82) is 0 Å². The minimum absolute atomic E-state index is 0.508. The van der Waals surface area contributed by atoms with E-state index < -0.39 is 6.17 Å². The lowest BCUT2D eigenvalue weighted by Crippen LogP contribution is -2.39. The van der Waals surface area contributed by atoms with Crippen molar-refractivity contribution >= 4 is 0 Å². The number of rotatable bonds is 2. The van der Waals surface area contributed by atoms with Crippen molar-refractivity contribution in [3.63, 3.8) is 0 Å². The molecular weight excluding hydrogens is 189 g/mol. The van der Waals surface area contributed by atoms with Crippen LogP contribution in [0, 0.1) is 11.8 Å². The molecule has 0 amide bonds. The molecular formula is C13H24FN. The monoisotopic (exact) mass is 213 g/mol. The molecule has 0 aromatic heterocycles. The van der Waals surface area contributed by atoms with Crippen LogP contribution in [0.3, 0.4) is 0 Å². The normalized spacial score (nSPS) is 39.2. The zero-order valence-electron chi connectivity index (χ0n) is 9.92. The fourth-order valence-electron chi connectivity index (χ4n) is 3.21. The summed E-state index contributed by atoms with van der Waals surface area (Å²) in [5.41, 5.74) is 0. The Hall–Kier alpha value is -0.110. The summed E-state index contributed by atoms with van der Waals surface area (Å²) >= 11 is 0. The van der Waals surface area contributed by atoms with Crippen LogP contribution < -0.4 is 0 Å². The molecule has 1 saturated carbocycles. The summed E-state index contributed by atoms with van der Waals surface area (Å²) in [7, 11) is 0. The van der Waals surface area contributed by atoms with E-state index in [0.717, 1.165) is 31.7 Å². The highest BCUT2D eigenvalue weighted by Gasteiger charge is 2.25. The molecule has 0 aromatic carbocycles. The third kappa shape index (κ3) is 3.44. The van der Waals surface area contributed by atoms with Crippen LogP contribution in [0.5, 0.6) is 0 Å². The van der Waals surface area contributed by atoms with Crippen LogP contribution in [-0.4, -0.2) is 30.7 Å². The summed E-state index contributed by atoms with van der Waals surface area (Å²) in [5.74, 6) is 1.49. The first-order valence-corrected chi connectivity index (χ1v) is 6.60. The maximum absolute atomic E-state index is 13.2. The van der Waals surface area contributed by atoms with E-state index in [-0.39, 0.29) is 0 Å². The average molecular weight is 213 g/mol. The molecule has 1 nitrogen and oxygen atoms in total. The van der Waals surface area contributed by atoms with Crippen molar-refractivity contribution in [2.24, 2.45) is 11.8 Å². The molecule has 2 aliphatic rings. The van der Waals surface area contributed by atoms with Crippen LogP contribution in [0.25, 0.3) is 0 Å². The van der Waals surface area contributed by atoms with Gasteiger partial charge in [-0.05, 0) is 50.5 Å². The predicted molar refractivity (Wildman–Crippen MR) is 61.7 cm³/mol. The molecule has 2 rings (SSSR count). The Morgan fingerprint density at radius 3 is 2.80 bits per heavy atom. The molecule has 1 aliphatic carbocycles. The van der Waals surface area contributed by atoms with Crippen molar-refractivity contribution in [2.75, 3.05) is 19.6 Å². The fourth-order valence-corrected chi connectivity index (χ4v) is 3.21. The largest absolute Gasteiger partial charge is 0.303 e. The first-order chi connectivity index (χ1) is 7.24. The molecule has 15 heavy (non-hydrogen) atoms. The minimum Gasteiger partial charge on any atom is -0.303 e. The SMILES string of the molecule is CC1CCCN(CC2CCCC(F)C2)C1. The Morgan fingerprint density at radius 2 is 2.07 bits per heavy atom. The van der Waals surface area contributed by atoms with Gasteiger partial charge in [-0.15, -0.1) is 0 Å². The van der Waals surface area contributed by atoms with Gasteiger partial charge in [0.15, 0.2) is 0 Å². The van der Waals surface area contributed by atoms with Crippen LogP contribution in [0.4, 0.5) is 4.39 Å². The summed E-state index contributed by atoms with van der Waals surface area (Å²) in [6.07, 6.45) is 6.21. The van der Waals surface area contributed by atoms with Crippen LogP contribution >= 0.6 is 0 Å². The number of hydrogen-bond acceptors (Lipinski definition) is 1. The lowest BCUT2D eigenvalue weighted by Gasteiger charge is -2.35. The molecule has 1 saturated heterocycles. The molecule has 1 aliphatic heterocycles. The number of nitrogens with zero attached hydrogens (tertiary/aromatic N) is 1. The Morgan fingerprint density at radius 1 is 1.20 bits per heavy atom. The molecule has 3 atom stereocenters. The smallest absolute Gasteiger partial charge is 0.100 e. The van der Waals surface area contributed by atoms with E-state index in [9.17, 15) is 4.39 Å². The Bertz CT molecular complexity index is 175. The van der Waals surface area contributed by atoms with E-state index >= 15 is 0 Å². The molecule has 0 aromatic rings. The molecule has 0 radical (unpaired) electrons. The second-order valence-electron chi connectivity index (χ2n) is 5.64. The van der Waals surface area contributed by atoms with Crippen LogP contribution in [-0.2, 0) is 0 Å². The molecule has 1 heterocycles. The molecule has 2 heteroatoms. The van der Waals surface area contributed by atoms with Gasteiger partial charge in [0.25, 0.3) is 0 Å². The number of alkyl halides is 1. The third-order valence-corrected chi connectivity index (χ3v) is 3.98. The highest BCUT2D eigenvalue weighted by Crippen LogP contribution is 2.28. The fraction of sp³-hybridized carbons (Fsp3) is 1.00. The average Bonchev–Trinajstić information content (AvgIpc) is 2.17. The maximum atomic E-state index is 13.2. The van der Waals surface area contributed by atoms with Gasteiger partial charge in [0.05, 0.1) is 0 Å². The van der Waals surface area contributed by atoms with E-state index in [1.54, 1.807) is 0 Å². The van der Waals surface area contributed by atoms with Gasteiger partial charge in [-0.2, -0.15) is 0 Å². The van der Waals surface area contributed by atoms with Gasteiger partial charge in [-0.25, -0.2) is 4.39 Å². The van der Waals surface area contributed by atoms with E-state index in [1.165, 1.54) is 32.4 Å². The van der Waals surface area contributed by atoms with Gasteiger partial charge in [0, 0.05) is 13.1 Å². The summed E-state index contributed by atoms with van der Waals surface area (Å²) in [6.45, 7) is 5.99. The molecule has 3 unspecified atom stereocenters. The zero-order chi connectivity index (χ0) is 10.7. The summed E-state index contributed by atoms with van der Waals surface area (Å²) in [4.78, 5) is 2.57. The quantitative estimate of drug-likeness (QED) is 0.680. The minimum atomic E-state index is -0.508. The second-order valence-corrected chi connectivity index (χ2v) is 5.64. The standard InChI is InChI=1S/C13H24FN/c1-11-4-3-7-15(9-11)10-12-5-2-6-13(14)8-12/h11-13H,2-10H2,1H3. The van der Waals surface area contributed by atoms with Crippen molar-refractivity contribution in [1.82, 2.24) is 4.90 Å². The lowest BCUT2D eigenvalue weighted by atomic mass is 9.87. The number of hydrogen-bond donors (Lipinski definition) is 0. The predicted octanol–water partition coefficient (Wildman–Crippen LogP) is 3.25. The third-order valence-electron chi connectivity index (χ3n) is 3.98. The number of halogens is 1. The number of piperidine rings is 1. The van der Waals surface area contributed by atoms with Crippen LogP contribution in [0.2, 0.25) is 0 Å². The Balaban J connectivity index is 1.75. The maximum Gasteiger partial charge on any atom is 0.100 e. The molecule has 0 spiro atoms. The second kappa shape index (κ2) is 5.29. The first kappa shape index (κ1) is 11.4. The van der Waals surface area contributed by atoms with Crippen molar-refractivity contribution in [3.8, 4) is 0 Å². The van der Waals surface area contributed by atoms with Gasteiger partial charge in [-0.3, -0.25) is 0 Å². The highest BCUT2D eigenvalue weighted by molar-refractivity contribution is 4.78. The van der Waals surface area contributed by atoms with Crippen molar-refractivity contribution in [3.05, 3.63) is 0 Å². The van der Waals surface area contributed by atoms with Gasteiger partial charge in [-0.1, -0.05) is 13.3 Å². The van der Waals surface area contributed by atoms with Crippen molar-refractivity contribution < 1.29 is 4.39 Å². The Labute approximate surface area is 93.0 Å². The summed E-state index contributed by atoms with van der Waals surface area (Å²) in [6, 6.07) is 0. The van der Waals surface area contributed by atoms with Gasteiger partial charge in [0.1, 0.15) is 6.17 Å². The molecule has 2 fully saturated rings. The highest BCUT2D eigenvalue weighted by atomic mass is 19.1. The zero-order valence-corrected chi connectivity index (χ0v) is 9.92.